The Hall–Kier alpha value is -1.01. The predicted molar refractivity (Wildman–Crippen MR) is 230 cm³/mol. The summed E-state index contributed by atoms with van der Waals surface area (Å²) in [6, 6.07) is 5.31. The molecule has 1 rings (SSSR count). The molecule has 0 aliphatic carbocycles. The lowest BCUT2D eigenvalue weighted by atomic mass is 9.99. The van der Waals surface area contributed by atoms with Crippen molar-refractivity contribution in [3.63, 3.8) is 0 Å². The zero-order valence-electron chi connectivity index (χ0n) is 31.5. The Bertz CT molecular complexity index is 1410. The fourth-order valence-electron chi connectivity index (χ4n) is 3.85. The van der Waals surface area contributed by atoms with Gasteiger partial charge < -0.3 is 9.69 Å². The van der Waals surface area contributed by atoms with E-state index in [1.807, 2.05) is 34.9 Å². The molecule has 284 valence electrons. The van der Waals surface area contributed by atoms with Crippen LogP contribution in [0.2, 0.25) is 10.0 Å². The van der Waals surface area contributed by atoms with Gasteiger partial charge in [-0.15, -0.1) is 22.0 Å². The molecule has 0 saturated heterocycles. The quantitative estimate of drug-likeness (QED) is 0.0453. The number of rotatable bonds is 18. The van der Waals surface area contributed by atoms with Gasteiger partial charge in [0.05, 0.1) is 14.9 Å². The van der Waals surface area contributed by atoms with Crippen molar-refractivity contribution in [3.8, 4) is 0 Å². The van der Waals surface area contributed by atoms with E-state index in [-0.39, 0.29) is 0 Å². The zero-order chi connectivity index (χ0) is 38.8. The minimum absolute atomic E-state index is 0.295. The molecule has 1 aromatic carbocycles. The van der Waals surface area contributed by atoms with E-state index in [2.05, 4.69) is 66.1 Å². The van der Waals surface area contributed by atoms with E-state index in [0.29, 0.717) is 39.1 Å². The number of carbonyl (C=O) groups is 1. The van der Waals surface area contributed by atoms with Crippen molar-refractivity contribution in [1.29, 1.82) is 0 Å². The van der Waals surface area contributed by atoms with E-state index >= 15 is 0 Å². The van der Waals surface area contributed by atoms with Gasteiger partial charge in [-0.1, -0.05) is 131 Å². The number of benzene rings is 1. The number of allylic oxidation sites excluding steroid dienone is 4. The van der Waals surface area contributed by atoms with E-state index < -0.39 is 25.0 Å². The normalized spacial score (nSPS) is 14.0. The van der Waals surface area contributed by atoms with Gasteiger partial charge in [-0.05, 0) is 90.5 Å². The molecule has 0 bridgehead atoms. The minimum Gasteiger partial charge on any atom is -0.302 e. The Morgan fingerprint density at radius 1 is 1.12 bits per heavy atom. The number of nitrogens with zero attached hydrogens (tertiary/aromatic N) is 1. The average Bonchev–Trinajstić information content (AvgIpc) is 3.03. The fraction of sp³-hybridized carbons (Fsp3) is 0.541. The zero-order valence-corrected chi connectivity index (χ0v) is 36.3. The lowest BCUT2D eigenvalue weighted by molar-refractivity contribution is -0.112. The third-order valence-corrected chi connectivity index (χ3v) is 11.0. The molecule has 0 aliphatic heterocycles. The van der Waals surface area contributed by atoms with Crippen LogP contribution in [0.25, 0.3) is 0 Å². The minimum atomic E-state index is -3.76. The molecular weight excluding hydrogens is 737 g/mol. The molecule has 0 unspecified atom stereocenters. The largest absolute Gasteiger partial charge is 0.302 e. The molecule has 0 amide bonds. The van der Waals surface area contributed by atoms with Gasteiger partial charge in [0.15, 0.2) is 0 Å². The number of nitrogens with one attached hydrogen (secondary N) is 2. The molecule has 2 atom stereocenters. The fourth-order valence-corrected chi connectivity index (χ4v) is 7.06. The maximum absolute atomic E-state index is 12.2. The molecule has 2 N–H and O–H groups in total. The number of halogens is 3. The molecule has 0 aromatic heterocycles. The highest BCUT2D eigenvalue weighted by molar-refractivity contribution is 8.26. The van der Waals surface area contributed by atoms with Crippen molar-refractivity contribution in [1.82, 2.24) is 14.3 Å². The first kappa shape index (κ1) is 52.4. The summed E-state index contributed by atoms with van der Waals surface area (Å²) in [5, 5.41) is 2.34. The summed E-state index contributed by atoms with van der Waals surface area (Å²) in [5.74, 6) is 8.91. The summed E-state index contributed by atoms with van der Waals surface area (Å²) in [4.78, 5) is 14.4. The third-order valence-electron chi connectivity index (χ3n) is 6.86. The van der Waals surface area contributed by atoms with Gasteiger partial charge in [-0.3, -0.25) is 4.72 Å². The molecular formula is C37H64Cl3N3O3S3. The molecule has 49 heavy (non-hydrogen) atoms. The van der Waals surface area contributed by atoms with Gasteiger partial charge >= 0.3 is 0 Å². The van der Waals surface area contributed by atoms with Gasteiger partial charge in [-0.25, -0.2) is 8.42 Å². The number of thiol groups is 1. The Labute approximate surface area is 321 Å². The summed E-state index contributed by atoms with van der Waals surface area (Å²) in [5.41, 5.74) is 0.574. The van der Waals surface area contributed by atoms with Gasteiger partial charge in [0, 0.05) is 21.9 Å². The molecule has 0 aliphatic rings. The van der Waals surface area contributed by atoms with Crippen molar-refractivity contribution >= 4 is 84.9 Å². The summed E-state index contributed by atoms with van der Waals surface area (Å²) in [6.45, 7) is 21.5. The van der Waals surface area contributed by atoms with E-state index in [1.54, 1.807) is 44.2 Å². The van der Waals surface area contributed by atoms with Crippen molar-refractivity contribution in [2.75, 3.05) is 27.2 Å². The van der Waals surface area contributed by atoms with Crippen LogP contribution in [0.3, 0.4) is 0 Å². The monoisotopic (exact) mass is 799 g/mol. The average molecular weight is 801 g/mol. The highest BCUT2D eigenvalue weighted by Gasteiger charge is 2.28. The second kappa shape index (κ2) is 28.6. The standard InChI is InChI=1S/C18H29ClN2O3S2.C9H11Cl2NS.C8H18.C2H6/c1-15(2)13-21(5)11-6-10-18(4,14-22)20-26(23,24)12-9-16(3)7-8-17(19)25;1-12-13(2,3)9-6-7(10)4-5-8(9)11;1-4-6-7-8(3)5-2;1-2/h7-9,12,14,20,25H,1,6,10-11,13H2,2-5H3;4-6,12H,2-3H2,1H3;8H,4-7H2,1-3H3;1-2H3/b12-9+,16-7+,17-8-;;;/t18-;;8-;/m0.0./s1. The van der Waals surface area contributed by atoms with Crippen LogP contribution in [0.15, 0.2) is 68.8 Å². The van der Waals surface area contributed by atoms with Crippen LogP contribution < -0.4 is 9.44 Å². The number of hydrogen-bond acceptors (Lipinski definition) is 6. The molecule has 0 radical (unpaired) electrons. The van der Waals surface area contributed by atoms with Crippen molar-refractivity contribution in [2.24, 2.45) is 5.92 Å². The lowest BCUT2D eigenvalue weighted by Crippen LogP contribution is -2.46. The van der Waals surface area contributed by atoms with Crippen LogP contribution in [0.1, 0.15) is 93.9 Å². The van der Waals surface area contributed by atoms with Crippen LogP contribution in [0.4, 0.5) is 0 Å². The molecule has 1 aromatic rings. The third kappa shape index (κ3) is 28.3. The lowest BCUT2D eigenvalue weighted by Gasteiger charge is -2.25. The number of sulfonamides is 1. The highest BCUT2D eigenvalue weighted by atomic mass is 35.5. The first-order valence-corrected chi connectivity index (χ1v) is 21.6. The van der Waals surface area contributed by atoms with Crippen LogP contribution in [0, 0.1) is 5.92 Å². The second-order valence-electron chi connectivity index (χ2n) is 12.0. The molecule has 0 spiro atoms. The van der Waals surface area contributed by atoms with Crippen molar-refractivity contribution in [3.05, 3.63) is 74.0 Å². The van der Waals surface area contributed by atoms with Gasteiger partial charge in [0.25, 0.3) is 0 Å². The van der Waals surface area contributed by atoms with Gasteiger partial charge in [0.2, 0.25) is 10.0 Å². The number of carbonyl (C=O) groups excluding carboxylic acids is 1. The van der Waals surface area contributed by atoms with E-state index in [4.69, 9.17) is 34.8 Å². The number of hydrogen-bond donors (Lipinski definition) is 3. The van der Waals surface area contributed by atoms with E-state index in [1.165, 1.54) is 31.8 Å². The molecule has 12 heteroatoms. The number of likely N-dealkylation sites (N-methyl/N-ethyl adjacent to an activating group) is 1. The van der Waals surface area contributed by atoms with Crippen LogP contribution in [-0.2, 0) is 14.8 Å². The predicted octanol–water partition coefficient (Wildman–Crippen LogP) is 11.0. The van der Waals surface area contributed by atoms with Gasteiger partial charge in [-0.2, -0.15) is 4.72 Å². The number of aldehydes is 1. The first-order valence-electron chi connectivity index (χ1n) is 16.5. The SMILES string of the molecule is C=C(C)CN(C)CCC[C@@](C)(C=O)NS(=O)(=O)/C=C/C(C)=C/C=C(\S)Cl.C=S(=C)(NC)c1cc(Cl)ccc1Cl.CC.CCCC[C@@H](C)CC. The summed E-state index contributed by atoms with van der Waals surface area (Å²) in [6.07, 6.45) is 11.9. The smallest absolute Gasteiger partial charge is 0.234 e. The summed E-state index contributed by atoms with van der Waals surface area (Å²) < 4.78 is 30.2. The van der Waals surface area contributed by atoms with E-state index in [9.17, 15) is 13.2 Å². The topological polar surface area (TPSA) is 78.5 Å². The highest BCUT2D eigenvalue weighted by Crippen LogP contribution is 2.35. The summed E-state index contributed by atoms with van der Waals surface area (Å²) >= 11 is 21.4. The molecule has 0 heterocycles. The Balaban J connectivity index is -0.000000754. The number of unbranched alkanes of at least 4 members (excludes halogenated alkanes) is 1. The van der Waals surface area contributed by atoms with Crippen LogP contribution in [-0.4, -0.2) is 64.1 Å². The summed E-state index contributed by atoms with van der Waals surface area (Å²) in [7, 11) is -1.50. The Morgan fingerprint density at radius 3 is 2.18 bits per heavy atom. The van der Waals surface area contributed by atoms with Crippen LogP contribution >= 0.6 is 56.8 Å². The Morgan fingerprint density at radius 2 is 1.71 bits per heavy atom. The Kier molecular flexibility index (Phi) is 30.5. The van der Waals surface area contributed by atoms with Gasteiger partial charge in [0.1, 0.15) is 6.29 Å². The maximum Gasteiger partial charge on any atom is 0.234 e. The van der Waals surface area contributed by atoms with Crippen molar-refractivity contribution < 1.29 is 13.2 Å². The molecule has 0 fully saturated rings. The molecule has 6 nitrogen and oxygen atoms in total. The maximum atomic E-state index is 12.2. The molecule has 0 saturated carbocycles. The van der Waals surface area contributed by atoms with E-state index in [0.717, 1.165) is 34.9 Å². The van der Waals surface area contributed by atoms with Crippen LogP contribution in [0.5, 0.6) is 0 Å². The van der Waals surface area contributed by atoms with Crippen molar-refractivity contribution in [2.45, 2.75) is 104 Å². The second-order valence-corrected chi connectivity index (χ2v) is 18.2. The first-order chi connectivity index (χ1) is 22.7.